The van der Waals surface area contributed by atoms with Crippen molar-refractivity contribution in [3.63, 3.8) is 0 Å². The lowest BCUT2D eigenvalue weighted by Gasteiger charge is -2.10. The van der Waals surface area contributed by atoms with Gasteiger partial charge in [-0.15, -0.1) is 0 Å². The second kappa shape index (κ2) is 9.65. The Morgan fingerprint density at radius 3 is 2.77 bits per heavy atom. The number of nitrogens with two attached hydrogens (primary N) is 1. The SMILES string of the molecule is CCOc1ccccc1NC(=O)CO/N=C(\N)CCC(C)C. The predicted octanol–water partition coefficient (Wildman–Crippen LogP) is 2.75. The lowest BCUT2D eigenvalue weighted by molar-refractivity contribution is -0.120. The molecule has 1 amide bonds. The molecule has 22 heavy (non-hydrogen) atoms. The zero-order valence-corrected chi connectivity index (χ0v) is 13.5. The monoisotopic (exact) mass is 307 g/mol. The number of carbonyl (C=O) groups excluding carboxylic acids is 1. The molecular weight excluding hydrogens is 282 g/mol. The molecule has 0 radical (unpaired) electrons. The summed E-state index contributed by atoms with van der Waals surface area (Å²) in [6, 6.07) is 7.23. The average molecular weight is 307 g/mol. The average Bonchev–Trinajstić information content (AvgIpc) is 2.47. The fourth-order valence-electron chi connectivity index (χ4n) is 1.69. The standard InChI is InChI=1S/C16H25N3O3/c1-4-21-14-8-6-5-7-13(14)18-16(20)11-22-19-15(17)10-9-12(2)3/h5-8,12H,4,9-11H2,1-3H3,(H2,17,19)(H,18,20). The Morgan fingerprint density at radius 1 is 1.36 bits per heavy atom. The Hall–Kier alpha value is -2.24. The van der Waals surface area contributed by atoms with Crippen molar-refractivity contribution in [2.24, 2.45) is 16.8 Å². The number of anilines is 1. The Labute approximate surface area is 131 Å². The normalized spacial score (nSPS) is 11.4. The minimum Gasteiger partial charge on any atom is -0.492 e. The van der Waals surface area contributed by atoms with Gasteiger partial charge in [0.1, 0.15) is 11.6 Å². The van der Waals surface area contributed by atoms with Crippen molar-refractivity contribution < 1.29 is 14.4 Å². The summed E-state index contributed by atoms with van der Waals surface area (Å²) in [5.41, 5.74) is 6.30. The van der Waals surface area contributed by atoms with Gasteiger partial charge in [-0.1, -0.05) is 31.1 Å². The summed E-state index contributed by atoms with van der Waals surface area (Å²) in [5.74, 6) is 1.26. The van der Waals surface area contributed by atoms with Crippen LogP contribution in [0, 0.1) is 5.92 Å². The van der Waals surface area contributed by atoms with Crippen LogP contribution >= 0.6 is 0 Å². The molecule has 3 N–H and O–H groups in total. The molecule has 1 aromatic rings. The molecule has 0 aromatic heterocycles. The van der Waals surface area contributed by atoms with Gasteiger partial charge in [0.25, 0.3) is 5.91 Å². The van der Waals surface area contributed by atoms with Crippen LogP contribution < -0.4 is 15.8 Å². The molecule has 6 heteroatoms. The van der Waals surface area contributed by atoms with Gasteiger partial charge in [0.15, 0.2) is 6.61 Å². The third-order valence-electron chi connectivity index (χ3n) is 2.82. The number of rotatable bonds is 9. The second-order valence-corrected chi connectivity index (χ2v) is 5.27. The first-order chi connectivity index (χ1) is 10.5. The maximum atomic E-state index is 11.8. The Morgan fingerprint density at radius 2 is 2.09 bits per heavy atom. The van der Waals surface area contributed by atoms with E-state index >= 15 is 0 Å². The van der Waals surface area contributed by atoms with Gasteiger partial charge >= 0.3 is 0 Å². The number of para-hydroxylation sites is 2. The van der Waals surface area contributed by atoms with Gasteiger partial charge in [0.05, 0.1) is 12.3 Å². The summed E-state index contributed by atoms with van der Waals surface area (Å²) in [7, 11) is 0. The Kier molecular flexibility index (Phi) is 7.81. The third kappa shape index (κ3) is 6.97. The zero-order chi connectivity index (χ0) is 16.4. The van der Waals surface area contributed by atoms with E-state index in [1.807, 2.05) is 19.1 Å². The van der Waals surface area contributed by atoms with E-state index in [2.05, 4.69) is 24.3 Å². The number of oxime groups is 1. The maximum absolute atomic E-state index is 11.8. The number of nitrogens with zero attached hydrogens (tertiary/aromatic N) is 1. The molecule has 122 valence electrons. The van der Waals surface area contributed by atoms with Gasteiger partial charge in [0.2, 0.25) is 0 Å². The number of ether oxygens (including phenoxy) is 1. The molecule has 1 aromatic carbocycles. The van der Waals surface area contributed by atoms with Gasteiger partial charge in [-0.25, -0.2) is 0 Å². The second-order valence-electron chi connectivity index (χ2n) is 5.27. The highest BCUT2D eigenvalue weighted by Gasteiger charge is 2.07. The van der Waals surface area contributed by atoms with Crippen molar-refractivity contribution in [3.8, 4) is 5.75 Å². The number of benzene rings is 1. The van der Waals surface area contributed by atoms with E-state index < -0.39 is 0 Å². The predicted molar refractivity (Wildman–Crippen MR) is 87.9 cm³/mol. The molecule has 0 aliphatic heterocycles. The van der Waals surface area contributed by atoms with Crippen molar-refractivity contribution in [3.05, 3.63) is 24.3 Å². The van der Waals surface area contributed by atoms with Crippen LogP contribution in [-0.2, 0) is 9.63 Å². The van der Waals surface area contributed by atoms with Gasteiger partial charge < -0.3 is 20.6 Å². The summed E-state index contributed by atoms with van der Waals surface area (Å²) in [6.07, 6.45) is 1.60. The summed E-state index contributed by atoms with van der Waals surface area (Å²) in [6.45, 7) is 6.44. The van der Waals surface area contributed by atoms with E-state index in [-0.39, 0.29) is 12.5 Å². The summed E-state index contributed by atoms with van der Waals surface area (Å²) in [4.78, 5) is 16.8. The lowest BCUT2D eigenvalue weighted by atomic mass is 10.1. The van der Waals surface area contributed by atoms with Gasteiger partial charge in [-0.05, 0) is 31.4 Å². The van der Waals surface area contributed by atoms with Crippen LogP contribution in [0.2, 0.25) is 0 Å². The van der Waals surface area contributed by atoms with Crippen molar-refractivity contribution in [1.29, 1.82) is 0 Å². The quantitative estimate of drug-likeness (QED) is 0.417. The van der Waals surface area contributed by atoms with Crippen molar-refractivity contribution >= 4 is 17.4 Å². The number of amides is 1. The Balaban J connectivity index is 2.42. The molecule has 0 unspecified atom stereocenters. The van der Waals surface area contributed by atoms with Crippen LogP contribution in [0.1, 0.15) is 33.6 Å². The highest BCUT2D eigenvalue weighted by molar-refractivity contribution is 5.93. The Bertz CT molecular complexity index is 501. The minimum atomic E-state index is -0.312. The van der Waals surface area contributed by atoms with Crippen LogP contribution in [0.25, 0.3) is 0 Å². The smallest absolute Gasteiger partial charge is 0.265 e. The number of carbonyl (C=O) groups is 1. The van der Waals surface area contributed by atoms with Crippen molar-refractivity contribution in [2.75, 3.05) is 18.5 Å². The molecule has 0 aliphatic carbocycles. The van der Waals surface area contributed by atoms with E-state index in [1.54, 1.807) is 12.1 Å². The van der Waals surface area contributed by atoms with E-state index in [0.717, 1.165) is 6.42 Å². The lowest BCUT2D eigenvalue weighted by Crippen LogP contribution is -2.19. The van der Waals surface area contributed by atoms with E-state index in [0.29, 0.717) is 36.2 Å². The van der Waals surface area contributed by atoms with Crippen molar-refractivity contribution in [2.45, 2.75) is 33.6 Å². The molecule has 0 aliphatic rings. The minimum absolute atomic E-state index is 0.192. The first-order valence-electron chi connectivity index (χ1n) is 7.48. The highest BCUT2D eigenvalue weighted by Crippen LogP contribution is 2.23. The molecule has 1 rings (SSSR count). The van der Waals surface area contributed by atoms with Gasteiger partial charge in [-0.3, -0.25) is 4.79 Å². The number of hydrogen-bond acceptors (Lipinski definition) is 4. The van der Waals surface area contributed by atoms with Crippen LogP contribution in [0.3, 0.4) is 0 Å². The zero-order valence-electron chi connectivity index (χ0n) is 13.5. The third-order valence-corrected chi connectivity index (χ3v) is 2.82. The number of amidine groups is 1. The van der Waals surface area contributed by atoms with Gasteiger partial charge in [-0.2, -0.15) is 0 Å². The fraction of sp³-hybridized carbons (Fsp3) is 0.500. The highest BCUT2D eigenvalue weighted by atomic mass is 16.6. The van der Waals surface area contributed by atoms with E-state index in [1.165, 1.54) is 0 Å². The number of nitrogens with one attached hydrogen (secondary N) is 1. The number of hydrogen-bond donors (Lipinski definition) is 2. The molecule has 0 fully saturated rings. The molecule has 0 saturated heterocycles. The van der Waals surface area contributed by atoms with Crippen LogP contribution in [0.15, 0.2) is 29.4 Å². The van der Waals surface area contributed by atoms with Crippen LogP contribution in [0.4, 0.5) is 5.69 Å². The topological polar surface area (TPSA) is 85.9 Å². The molecule has 0 bridgehead atoms. The van der Waals surface area contributed by atoms with Gasteiger partial charge in [0, 0.05) is 6.42 Å². The molecular formula is C16H25N3O3. The first-order valence-corrected chi connectivity index (χ1v) is 7.48. The summed E-state index contributed by atoms with van der Waals surface area (Å²) >= 11 is 0. The van der Waals surface area contributed by atoms with Crippen LogP contribution in [0.5, 0.6) is 5.75 Å². The fourth-order valence-corrected chi connectivity index (χ4v) is 1.69. The van der Waals surface area contributed by atoms with E-state index in [4.69, 9.17) is 15.3 Å². The summed E-state index contributed by atoms with van der Waals surface area (Å²) in [5, 5.41) is 6.46. The molecule has 0 heterocycles. The maximum Gasteiger partial charge on any atom is 0.265 e. The first kappa shape index (κ1) is 17.8. The molecule has 0 saturated carbocycles. The largest absolute Gasteiger partial charge is 0.492 e. The van der Waals surface area contributed by atoms with E-state index in [9.17, 15) is 4.79 Å². The summed E-state index contributed by atoms with van der Waals surface area (Å²) < 4.78 is 5.43. The molecule has 0 spiro atoms. The van der Waals surface area contributed by atoms with Crippen LogP contribution in [-0.4, -0.2) is 25.0 Å². The molecule has 0 atom stereocenters. The molecule has 6 nitrogen and oxygen atoms in total. The van der Waals surface area contributed by atoms with Crippen molar-refractivity contribution in [1.82, 2.24) is 0 Å².